The third-order valence-corrected chi connectivity index (χ3v) is 1.52. The zero-order chi connectivity index (χ0) is 8.53. The zero-order valence-corrected chi connectivity index (χ0v) is 8.25. The van der Waals surface area contributed by atoms with Crippen LogP contribution in [0.25, 0.3) is 0 Å². The number of unbranched alkanes of at least 4 members (excludes halogenated alkanes) is 2. The lowest BCUT2D eigenvalue weighted by molar-refractivity contribution is 0.828. The summed E-state index contributed by atoms with van der Waals surface area (Å²) in [6.07, 6.45) is 5.49. The predicted octanol–water partition coefficient (Wildman–Crippen LogP) is 3.06. The van der Waals surface area contributed by atoms with Gasteiger partial charge in [-0.1, -0.05) is 31.3 Å². The SMILES string of the molecule is CCCCC#C/C(C)=C\CS. The molecular formula is C10H16S. The molecule has 0 aromatic heterocycles. The minimum atomic E-state index is 0.786. The van der Waals surface area contributed by atoms with Crippen molar-refractivity contribution in [2.24, 2.45) is 0 Å². The highest BCUT2D eigenvalue weighted by Gasteiger charge is 1.78. The van der Waals surface area contributed by atoms with Gasteiger partial charge in [-0.15, -0.1) is 0 Å². The maximum Gasteiger partial charge on any atom is 0.00945 e. The van der Waals surface area contributed by atoms with Crippen LogP contribution in [0.15, 0.2) is 11.6 Å². The van der Waals surface area contributed by atoms with Gasteiger partial charge < -0.3 is 0 Å². The molecule has 0 aliphatic heterocycles. The van der Waals surface area contributed by atoms with Crippen molar-refractivity contribution in [3.8, 4) is 11.8 Å². The van der Waals surface area contributed by atoms with E-state index in [0.29, 0.717) is 0 Å². The van der Waals surface area contributed by atoms with Crippen molar-refractivity contribution < 1.29 is 0 Å². The van der Waals surface area contributed by atoms with E-state index in [1.54, 1.807) is 0 Å². The Bertz CT molecular complexity index is 169. The monoisotopic (exact) mass is 168 g/mol. The quantitative estimate of drug-likeness (QED) is 0.374. The number of thiol groups is 1. The first-order valence-electron chi connectivity index (χ1n) is 4.07. The Hall–Kier alpha value is -0.350. The first-order chi connectivity index (χ1) is 5.31. The maximum atomic E-state index is 4.08. The second-order valence-electron chi connectivity index (χ2n) is 2.48. The van der Waals surface area contributed by atoms with Crippen molar-refractivity contribution in [2.45, 2.75) is 33.1 Å². The highest BCUT2D eigenvalue weighted by atomic mass is 32.1. The van der Waals surface area contributed by atoms with Gasteiger partial charge in [-0.25, -0.2) is 0 Å². The van der Waals surface area contributed by atoms with Gasteiger partial charge in [0.1, 0.15) is 0 Å². The standard InChI is InChI=1S/C10H16S/c1-3-4-5-6-7-10(2)8-9-11/h8,11H,3-5,9H2,1-2H3/b10-8-. The molecule has 0 aromatic rings. The number of hydrogen-bond acceptors (Lipinski definition) is 1. The Morgan fingerprint density at radius 3 is 2.82 bits per heavy atom. The van der Waals surface area contributed by atoms with E-state index in [9.17, 15) is 0 Å². The van der Waals surface area contributed by atoms with E-state index < -0.39 is 0 Å². The van der Waals surface area contributed by atoms with Crippen LogP contribution in [0.1, 0.15) is 33.1 Å². The summed E-state index contributed by atoms with van der Waals surface area (Å²) in [7, 11) is 0. The van der Waals surface area contributed by atoms with Crippen LogP contribution in [0, 0.1) is 11.8 Å². The van der Waals surface area contributed by atoms with Crippen LogP contribution in [0.3, 0.4) is 0 Å². The third-order valence-electron chi connectivity index (χ3n) is 1.34. The smallest absolute Gasteiger partial charge is 0.00945 e. The topological polar surface area (TPSA) is 0 Å². The normalized spacial score (nSPS) is 10.6. The van der Waals surface area contributed by atoms with Crippen LogP contribution in [-0.2, 0) is 0 Å². The highest BCUT2D eigenvalue weighted by Crippen LogP contribution is 1.94. The van der Waals surface area contributed by atoms with Crippen LogP contribution in [0.4, 0.5) is 0 Å². The Kier molecular flexibility index (Phi) is 7.51. The third kappa shape index (κ3) is 7.55. The van der Waals surface area contributed by atoms with E-state index in [1.807, 2.05) is 13.0 Å². The molecule has 1 heteroatoms. The molecule has 0 aliphatic carbocycles. The molecule has 0 radical (unpaired) electrons. The lowest BCUT2D eigenvalue weighted by atomic mass is 10.2. The molecule has 0 spiro atoms. The minimum Gasteiger partial charge on any atom is -0.175 e. The number of hydrogen-bond donors (Lipinski definition) is 1. The van der Waals surface area contributed by atoms with Gasteiger partial charge in [0.25, 0.3) is 0 Å². The predicted molar refractivity (Wildman–Crippen MR) is 54.9 cm³/mol. The fourth-order valence-corrected chi connectivity index (χ4v) is 0.929. The summed E-state index contributed by atoms with van der Waals surface area (Å²) in [4.78, 5) is 0. The lowest BCUT2D eigenvalue weighted by Gasteiger charge is -1.86. The van der Waals surface area contributed by atoms with Crippen molar-refractivity contribution in [1.29, 1.82) is 0 Å². The van der Waals surface area contributed by atoms with Gasteiger partial charge >= 0.3 is 0 Å². The molecule has 11 heavy (non-hydrogen) atoms. The van der Waals surface area contributed by atoms with Crippen molar-refractivity contribution >= 4 is 12.6 Å². The molecule has 0 aliphatic rings. The summed E-state index contributed by atoms with van der Waals surface area (Å²) < 4.78 is 0. The average Bonchev–Trinajstić information content (AvgIpc) is 1.99. The van der Waals surface area contributed by atoms with Gasteiger partial charge in [0.2, 0.25) is 0 Å². The van der Waals surface area contributed by atoms with Gasteiger partial charge in [0, 0.05) is 12.2 Å². The van der Waals surface area contributed by atoms with Gasteiger partial charge in [-0.3, -0.25) is 0 Å². The Morgan fingerprint density at radius 1 is 1.55 bits per heavy atom. The Balaban J connectivity index is 3.59. The first-order valence-corrected chi connectivity index (χ1v) is 4.71. The van der Waals surface area contributed by atoms with Gasteiger partial charge in [0.15, 0.2) is 0 Å². The number of allylic oxidation sites excluding steroid dienone is 1. The minimum absolute atomic E-state index is 0.786. The summed E-state index contributed by atoms with van der Waals surface area (Å²) in [6.45, 7) is 4.20. The molecule has 0 fully saturated rings. The molecule has 0 nitrogen and oxygen atoms in total. The number of rotatable bonds is 3. The molecule has 62 valence electrons. The first kappa shape index (κ1) is 10.7. The zero-order valence-electron chi connectivity index (χ0n) is 7.35. The molecule has 0 saturated carbocycles. The highest BCUT2D eigenvalue weighted by molar-refractivity contribution is 7.80. The van der Waals surface area contributed by atoms with Crippen molar-refractivity contribution in [2.75, 3.05) is 5.75 Å². The van der Waals surface area contributed by atoms with Gasteiger partial charge in [-0.2, -0.15) is 12.6 Å². The van der Waals surface area contributed by atoms with Crippen LogP contribution in [0.2, 0.25) is 0 Å². The molecule has 0 saturated heterocycles. The summed E-state index contributed by atoms with van der Waals surface area (Å²) in [6, 6.07) is 0. The molecular weight excluding hydrogens is 152 g/mol. The van der Waals surface area contributed by atoms with E-state index in [2.05, 4.69) is 31.4 Å². The molecule has 0 atom stereocenters. The van der Waals surface area contributed by atoms with Crippen molar-refractivity contribution in [3.63, 3.8) is 0 Å². The van der Waals surface area contributed by atoms with Gasteiger partial charge in [0.05, 0.1) is 0 Å². The summed E-state index contributed by atoms with van der Waals surface area (Å²) in [5.74, 6) is 6.99. The Morgan fingerprint density at radius 2 is 2.27 bits per heavy atom. The fourth-order valence-electron chi connectivity index (χ4n) is 0.655. The molecule has 0 bridgehead atoms. The second-order valence-corrected chi connectivity index (χ2v) is 2.84. The van der Waals surface area contributed by atoms with Crippen molar-refractivity contribution in [1.82, 2.24) is 0 Å². The molecule has 0 rings (SSSR count). The molecule has 0 amide bonds. The molecule has 0 unspecified atom stereocenters. The summed E-state index contributed by atoms with van der Waals surface area (Å²) in [5, 5.41) is 0. The van der Waals surface area contributed by atoms with Crippen LogP contribution < -0.4 is 0 Å². The molecule has 0 aromatic carbocycles. The fraction of sp³-hybridized carbons (Fsp3) is 0.600. The maximum absolute atomic E-state index is 4.08. The largest absolute Gasteiger partial charge is 0.175 e. The molecule has 0 heterocycles. The van der Waals surface area contributed by atoms with E-state index in [4.69, 9.17) is 0 Å². The Labute approximate surface area is 75.5 Å². The van der Waals surface area contributed by atoms with E-state index in [0.717, 1.165) is 17.7 Å². The molecule has 0 N–H and O–H groups in total. The van der Waals surface area contributed by atoms with Crippen LogP contribution >= 0.6 is 12.6 Å². The van der Waals surface area contributed by atoms with E-state index >= 15 is 0 Å². The van der Waals surface area contributed by atoms with E-state index in [1.165, 1.54) is 12.8 Å². The van der Waals surface area contributed by atoms with Crippen molar-refractivity contribution in [3.05, 3.63) is 11.6 Å². The summed E-state index contributed by atoms with van der Waals surface area (Å²) >= 11 is 4.08. The van der Waals surface area contributed by atoms with Crippen LogP contribution in [0.5, 0.6) is 0 Å². The summed E-state index contributed by atoms with van der Waals surface area (Å²) in [5.41, 5.74) is 1.14. The second kappa shape index (κ2) is 7.75. The van der Waals surface area contributed by atoms with E-state index in [-0.39, 0.29) is 0 Å². The van der Waals surface area contributed by atoms with Gasteiger partial charge in [-0.05, 0) is 18.9 Å². The average molecular weight is 168 g/mol. The van der Waals surface area contributed by atoms with Crippen LogP contribution in [-0.4, -0.2) is 5.75 Å². The lowest BCUT2D eigenvalue weighted by Crippen LogP contribution is -1.72.